The number of nitrogens with one attached hydrogen (secondary N) is 2. The molecule has 2 N–H and O–H groups in total. The number of carbonyl (C=O) groups is 2. The van der Waals surface area contributed by atoms with Crippen LogP contribution in [0.4, 0.5) is 17.6 Å². The zero-order chi connectivity index (χ0) is 22.4. The standard InChI is InChI=1S/C20H16ClF4N3O3/c21-13-3-2-12(5-14(13)22)31-7-16(29)27-18-8-19(9-18,10-18)28-17(30)15-4-1-11(6-26-15)20(23,24)25/h1-6H,7-10H2,(H,27,29)(H,28,30). The number of alkyl halides is 3. The van der Waals surface area contributed by atoms with E-state index in [1.165, 1.54) is 12.1 Å². The minimum Gasteiger partial charge on any atom is -0.484 e. The molecule has 31 heavy (non-hydrogen) atoms. The van der Waals surface area contributed by atoms with Crippen LogP contribution in [0.25, 0.3) is 0 Å². The lowest BCUT2D eigenvalue weighted by Crippen LogP contribution is -2.84. The molecule has 3 fully saturated rings. The molecular weight excluding hydrogens is 442 g/mol. The molecule has 3 aliphatic rings. The first-order valence-electron chi connectivity index (χ1n) is 9.24. The van der Waals surface area contributed by atoms with Gasteiger partial charge in [-0.25, -0.2) is 4.39 Å². The van der Waals surface area contributed by atoms with E-state index in [0.29, 0.717) is 25.5 Å². The number of hydrogen-bond acceptors (Lipinski definition) is 4. The Morgan fingerprint density at radius 3 is 2.35 bits per heavy atom. The van der Waals surface area contributed by atoms with Gasteiger partial charge in [0, 0.05) is 23.3 Å². The number of pyridine rings is 1. The Morgan fingerprint density at radius 1 is 1.10 bits per heavy atom. The van der Waals surface area contributed by atoms with Crippen LogP contribution in [0, 0.1) is 5.82 Å². The molecule has 0 saturated heterocycles. The fourth-order valence-corrected chi connectivity index (χ4v) is 4.22. The van der Waals surface area contributed by atoms with Gasteiger partial charge in [0.05, 0.1) is 10.6 Å². The second-order valence-electron chi connectivity index (χ2n) is 7.89. The highest BCUT2D eigenvalue weighted by Gasteiger charge is 2.69. The van der Waals surface area contributed by atoms with Crippen LogP contribution in [0.5, 0.6) is 5.75 Å². The molecular formula is C20H16ClF4N3O3. The highest BCUT2D eigenvalue weighted by molar-refractivity contribution is 6.30. The van der Waals surface area contributed by atoms with E-state index in [0.717, 1.165) is 18.2 Å². The zero-order valence-electron chi connectivity index (χ0n) is 15.9. The SMILES string of the molecule is O=C(COc1ccc(Cl)c(F)c1)NC12CC(NC(=O)c3ccc(C(F)(F)F)cn3)(C1)C2. The number of aromatic nitrogens is 1. The van der Waals surface area contributed by atoms with Crippen LogP contribution in [0.15, 0.2) is 36.5 Å². The number of carbonyl (C=O) groups excluding carboxylic acids is 2. The molecule has 2 bridgehead atoms. The first-order valence-corrected chi connectivity index (χ1v) is 9.62. The lowest BCUT2D eigenvalue weighted by molar-refractivity contribution is -0.141. The summed E-state index contributed by atoms with van der Waals surface area (Å²) in [6.45, 7) is -0.308. The van der Waals surface area contributed by atoms with Crippen molar-refractivity contribution in [3.63, 3.8) is 0 Å². The van der Waals surface area contributed by atoms with E-state index in [9.17, 15) is 27.2 Å². The smallest absolute Gasteiger partial charge is 0.417 e. The highest BCUT2D eigenvalue weighted by Crippen LogP contribution is 2.60. The van der Waals surface area contributed by atoms with Crippen molar-refractivity contribution in [3.05, 3.63) is 58.6 Å². The molecule has 1 aromatic carbocycles. The van der Waals surface area contributed by atoms with Gasteiger partial charge in [-0.1, -0.05) is 11.6 Å². The third-order valence-electron chi connectivity index (χ3n) is 5.40. The van der Waals surface area contributed by atoms with E-state index in [2.05, 4.69) is 15.6 Å². The third-order valence-corrected chi connectivity index (χ3v) is 5.70. The number of rotatable bonds is 6. The average Bonchev–Trinajstić information content (AvgIpc) is 2.65. The molecule has 11 heteroatoms. The fraction of sp³-hybridized carbons (Fsp3) is 0.350. The number of hydrogen-bond donors (Lipinski definition) is 2. The molecule has 1 heterocycles. The van der Waals surface area contributed by atoms with Crippen LogP contribution in [-0.4, -0.2) is 34.5 Å². The van der Waals surface area contributed by atoms with E-state index >= 15 is 0 Å². The van der Waals surface area contributed by atoms with Gasteiger partial charge < -0.3 is 15.4 Å². The summed E-state index contributed by atoms with van der Waals surface area (Å²) in [5, 5.41) is 5.57. The molecule has 0 spiro atoms. The van der Waals surface area contributed by atoms with E-state index < -0.39 is 34.5 Å². The molecule has 3 aliphatic carbocycles. The quantitative estimate of drug-likeness (QED) is 0.651. The molecule has 3 saturated carbocycles. The van der Waals surface area contributed by atoms with Crippen molar-refractivity contribution < 1.29 is 31.9 Å². The van der Waals surface area contributed by atoms with Crippen molar-refractivity contribution in [2.75, 3.05) is 6.61 Å². The Kier molecular flexibility index (Phi) is 5.07. The minimum atomic E-state index is -4.52. The Hall–Kier alpha value is -2.88. The molecule has 2 amide bonds. The van der Waals surface area contributed by atoms with Gasteiger partial charge >= 0.3 is 6.18 Å². The van der Waals surface area contributed by atoms with Gasteiger partial charge in [0.15, 0.2) is 6.61 Å². The van der Waals surface area contributed by atoms with E-state index in [4.69, 9.17) is 16.3 Å². The maximum atomic E-state index is 13.4. The number of ether oxygens (including phenoxy) is 1. The Bertz CT molecular complexity index is 1020. The van der Waals surface area contributed by atoms with Crippen molar-refractivity contribution in [1.82, 2.24) is 15.6 Å². The Balaban J connectivity index is 1.24. The number of benzene rings is 1. The van der Waals surface area contributed by atoms with Gasteiger partial charge in [-0.3, -0.25) is 14.6 Å². The normalized spacial score (nSPS) is 23.9. The van der Waals surface area contributed by atoms with Crippen LogP contribution in [0.1, 0.15) is 35.3 Å². The lowest BCUT2D eigenvalue weighted by Gasteiger charge is -2.70. The average molecular weight is 458 g/mol. The van der Waals surface area contributed by atoms with Gasteiger partial charge in [-0.2, -0.15) is 13.2 Å². The predicted octanol–water partition coefficient (Wildman–Crippen LogP) is 3.49. The Labute approximate surface area is 178 Å². The molecule has 0 radical (unpaired) electrons. The van der Waals surface area contributed by atoms with Crippen molar-refractivity contribution in [1.29, 1.82) is 0 Å². The van der Waals surface area contributed by atoms with E-state index in [-0.39, 0.29) is 29.0 Å². The van der Waals surface area contributed by atoms with Crippen LogP contribution >= 0.6 is 11.6 Å². The number of amides is 2. The van der Waals surface area contributed by atoms with E-state index in [1.54, 1.807) is 0 Å². The topological polar surface area (TPSA) is 80.3 Å². The second-order valence-corrected chi connectivity index (χ2v) is 8.29. The molecule has 164 valence electrons. The summed E-state index contributed by atoms with van der Waals surface area (Å²) in [4.78, 5) is 28.0. The van der Waals surface area contributed by atoms with Gasteiger partial charge in [0.25, 0.3) is 11.8 Å². The first kappa shape index (κ1) is 21.4. The van der Waals surface area contributed by atoms with Crippen molar-refractivity contribution in [3.8, 4) is 5.75 Å². The summed E-state index contributed by atoms with van der Waals surface area (Å²) in [6.07, 6.45) is -2.42. The monoisotopic (exact) mass is 457 g/mol. The van der Waals surface area contributed by atoms with Gasteiger partial charge in [0.2, 0.25) is 0 Å². The summed E-state index contributed by atoms with van der Waals surface area (Å²) in [5.74, 6) is -1.44. The van der Waals surface area contributed by atoms with Crippen molar-refractivity contribution in [2.45, 2.75) is 36.5 Å². The van der Waals surface area contributed by atoms with Crippen molar-refractivity contribution >= 4 is 23.4 Å². The Morgan fingerprint density at radius 2 is 1.77 bits per heavy atom. The minimum absolute atomic E-state index is 0.0514. The van der Waals surface area contributed by atoms with E-state index in [1.807, 2.05) is 0 Å². The third kappa shape index (κ3) is 4.30. The van der Waals surface area contributed by atoms with Crippen LogP contribution in [0.3, 0.4) is 0 Å². The van der Waals surface area contributed by atoms with Crippen LogP contribution in [-0.2, 0) is 11.0 Å². The summed E-state index contributed by atoms with van der Waals surface area (Å²) < 4.78 is 56.4. The molecule has 2 aromatic rings. The molecule has 6 nitrogen and oxygen atoms in total. The van der Waals surface area contributed by atoms with Crippen LogP contribution in [0.2, 0.25) is 5.02 Å². The second kappa shape index (κ2) is 7.37. The van der Waals surface area contributed by atoms with Gasteiger partial charge in [-0.15, -0.1) is 0 Å². The predicted molar refractivity (Wildman–Crippen MR) is 101 cm³/mol. The van der Waals surface area contributed by atoms with Crippen LogP contribution < -0.4 is 15.4 Å². The largest absolute Gasteiger partial charge is 0.484 e. The number of nitrogens with zero attached hydrogens (tertiary/aromatic N) is 1. The molecule has 0 atom stereocenters. The maximum absolute atomic E-state index is 13.4. The summed E-state index contributed by atoms with van der Waals surface area (Å²) in [7, 11) is 0. The molecule has 0 unspecified atom stereocenters. The summed E-state index contributed by atoms with van der Waals surface area (Å²) >= 11 is 5.59. The maximum Gasteiger partial charge on any atom is 0.417 e. The number of halogens is 5. The van der Waals surface area contributed by atoms with Gasteiger partial charge in [-0.05, 0) is 43.5 Å². The first-order chi connectivity index (χ1) is 14.5. The molecule has 1 aromatic heterocycles. The van der Waals surface area contributed by atoms with Gasteiger partial charge in [0.1, 0.15) is 17.3 Å². The fourth-order valence-electron chi connectivity index (χ4n) is 4.10. The molecule has 5 rings (SSSR count). The zero-order valence-corrected chi connectivity index (χ0v) is 16.6. The molecule has 0 aliphatic heterocycles. The highest BCUT2D eigenvalue weighted by atomic mass is 35.5. The summed E-state index contributed by atoms with van der Waals surface area (Å²) in [6, 6.07) is 5.68. The van der Waals surface area contributed by atoms with Crippen molar-refractivity contribution in [2.24, 2.45) is 0 Å². The lowest BCUT2D eigenvalue weighted by atomic mass is 9.44. The summed E-state index contributed by atoms with van der Waals surface area (Å²) in [5.41, 5.74) is -2.00.